The lowest BCUT2D eigenvalue weighted by Gasteiger charge is -2.28. The maximum atomic E-state index is 13.5. The van der Waals surface area contributed by atoms with Crippen LogP contribution in [0, 0.1) is 6.92 Å². The number of carbonyl (C=O) groups is 2. The Kier molecular flexibility index (Phi) is 9.15. The van der Waals surface area contributed by atoms with E-state index in [-0.39, 0.29) is 24.0 Å². The van der Waals surface area contributed by atoms with Crippen molar-refractivity contribution in [1.82, 2.24) is 15.2 Å². The van der Waals surface area contributed by atoms with Gasteiger partial charge in [-0.3, -0.25) is 9.59 Å². The van der Waals surface area contributed by atoms with E-state index in [1.807, 2.05) is 59.0 Å². The molecule has 0 saturated heterocycles. The van der Waals surface area contributed by atoms with E-state index in [2.05, 4.69) is 17.2 Å². The van der Waals surface area contributed by atoms with Crippen LogP contribution in [-0.4, -0.2) is 39.7 Å². The second-order valence-electron chi connectivity index (χ2n) is 9.67. The van der Waals surface area contributed by atoms with Gasteiger partial charge in [-0.2, -0.15) is 0 Å². The average molecular weight is 494 g/mol. The molecule has 0 aliphatic heterocycles. The fourth-order valence-electron chi connectivity index (χ4n) is 4.43. The Balaban J connectivity index is 2.04. The Bertz CT molecular complexity index is 1130. The van der Waals surface area contributed by atoms with Gasteiger partial charge in [0.05, 0.1) is 18.2 Å². The minimum atomic E-state index is -0.550. The van der Waals surface area contributed by atoms with Gasteiger partial charge in [-0.05, 0) is 63.8 Å². The predicted molar refractivity (Wildman–Crippen MR) is 143 cm³/mol. The van der Waals surface area contributed by atoms with Crippen molar-refractivity contribution in [1.29, 1.82) is 0 Å². The maximum Gasteiger partial charge on any atom is 0.272 e. The Hall–Kier alpha value is -3.32. The van der Waals surface area contributed by atoms with Gasteiger partial charge in [0.1, 0.15) is 5.69 Å². The van der Waals surface area contributed by atoms with Gasteiger partial charge in [-0.1, -0.05) is 44.5 Å². The van der Waals surface area contributed by atoms with Crippen LogP contribution < -0.4 is 15.4 Å². The minimum Gasteiger partial charge on any atom is -0.488 e. The summed E-state index contributed by atoms with van der Waals surface area (Å²) < 4.78 is 7.99. The number of carbonyl (C=O) groups excluding carboxylic acids is 2. The van der Waals surface area contributed by atoms with Crippen molar-refractivity contribution >= 4 is 17.9 Å². The Morgan fingerprint density at radius 2 is 1.86 bits per heavy atom. The van der Waals surface area contributed by atoms with Crippen LogP contribution >= 0.6 is 0 Å². The molecule has 2 amide bonds. The lowest BCUT2D eigenvalue weighted by molar-refractivity contribution is 0.0707. The Morgan fingerprint density at radius 1 is 1.19 bits per heavy atom. The highest BCUT2D eigenvalue weighted by Gasteiger charge is 2.30. The molecule has 7 nitrogen and oxygen atoms in total. The van der Waals surface area contributed by atoms with Crippen LogP contribution in [0.4, 0.5) is 0 Å². The molecule has 3 rings (SSSR count). The van der Waals surface area contributed by atoms with E-state index in [1.54, 1.807) is 16.7 Å². The molecule has 2 unspecified atom stereocenters. The highest BCUT2D eigenvalue weighted by Crippen LogP contribution is 2.34. The van der Waals surface area contributed by atoms with Crippen molar-refractivity contribution in [3.8, 4) is 5.75 Å². The molecule has 1 aliphatic rings. The number of allylic oxidation sites excluding steroid dienone is 1. The zero-order valence-electron chi connectivity index (χ0n) is 22.1. The molecule has 1 aliphatic carbocycles. The lowest BCUT2D eigenvalue weighted by atomic mass is 9.92. The Morgan fingerprint density at radius 3 is 2.47 bits per heavy atom. The summed E-state index contributed by atoms with van der Waals surface area (Å²) in [4.78, 5) is 26.4. The molecule has 0 radical (unpaired) electrons. The van der Waals surface area contributed by atoms with Gasteiger partial charge in [0.25, 0.3) is 11.8 Å². The van der Waals surface area contributed by atoms with Gasteiger partial charge in [0.2, 0.25) is 0 Å². The van der Waals surface area contributed by atoms with Crippen LogP contribution in [-0.2, 0) is 7.05 Å². The van der Waals surface area contributed by atoms with Gasteiger partial charge in [-0.25, -0.2) is 0 Å². The zero-order valence-corrected chi connectivity index (χ0v) is 22.1. The van der Waals surface area contributed by atoms with Crippen molar-refractivity contribution < 1.29 is 19.4 Å². The lowest BCUT2D eigenvalue weighted by Crippen LogP contribution is -2.45. The van der Waals surface area contributed by atoms with E-state index >= 15 is 0 Å². The van der Waals surface area contributed by atoms with Crippen molar-refractivity contribution in [3.05, 3.63) is 70.7 Å². The summed E-state index contributed by atoms with van der Waals surface area (Å²) in [6, 6.07) is 8.72. The molecule has 1 saturated carbocycles. The summed E-state index contributed by atoms with van der Waals surface area (Å²) in [5.74, 6) is -0.0742. The fourth-order valence-corrected chi connectivity index (χ4v) is 4.43. The number of nitrogens with one attached hydrogen (secondary N) is 2. The van der Waals surface area contributed by atoms with Gasteiger partial charge in [0.15, 0.2) is 5.75 Å². The third-order valence-corrected chi connectivity index (χ3v) is 6.68. The van der Waals surface area contributed by atoms with Crippen molar-refractivity contribution in [2.45, 2.75) is 78.0 Å². The number of aromatic nitrogens is 1. The van der Waals surface area contributed by atoms with E-state index in [1.165, 1.54) is 0 Å². The highest BCUT2D eigenvalue weighted by atomic mass is 16.5. The number of amides is 2. The second-order valence-corrected chi connectivity index (χ2v) is 9.67. The smallest absolute Gasteiger partial charge is 0.272 e. The molecule has 1 aromatic carbocycles. The molecule has 0 bridgehead atoms. The monoisotopic (exact) mass is 493 g/mol. The molecule has 0 spiro atoms. The summed E-state index contributed by atoms with van der Waals surface area (Å²) in [5.41, 5.74) is 3.79. The first-order chi connectivity index (χ1) is 17.1. The first kappa shape index (κ1) is 27.3. The first-order valence-electron chi connectivity index (χ1n) is 12.7. The summed E-state index contributed by atoms with van der Waals surface area (Å²) in [7, 11) is 1.82. The number of hydrogen-bond acceptors (Lipinski definition) is 4. The summed E-state index contributed by atoms with van der Waals surface area (Å²) in [6.45, 7) is 11.9. The summed E-state index contributed by atoms with van der Waals surface area (Å²) in [6.07, 6.45) is 5.12. The van der Waals surface area contributed by atoms with Gasteiger partial charge < -0.3 is 25.0 Å². The van der Waals surface area contributed by atoms with E-state index < -0.39 is 6.10 Å². The minimum absolute atomic E-state index is 0.178. The van der Waals surface area contributed by atoms with E-state index in [9.17, 15) is 14.7 Å². The number of rotatable bonds is 9. The quantitative estimate of drug-likeness (QED) is 0.434. The van der Waals surface area contributed by atoms with Gasteiger partial charge in [-0.15, -0.1) is 0 Å². The molecular formula is C29H39N3O4. The van der Waals surface area contributed by atoms with Crippen molar-refractivity contribution in [3.63, 3.8) is 0 Å². The van der Waals surface area contributed by atoms with Crippen LogP contribution in [0.1, 0.15) is 85.0 Å². The number of nitrogens with zero attached hydrogens (tertiary/aromatic N) is 1. The predicted octanol–water partition coefficient (Wildman–Crippen LogP) is 4.89. The molecule has 7 heteroatoms. The standard InChI is InChI=1S/C29H39N3O4/c1-7-19(4)24(31-28(34)21-13-9-8-10-14-21)17-22-20(5)32(6)26(27(22)36-18(2)3)29(35)30-23-15-11-12-16-25(23)33/h8-10,13-14,17-18,23,25,33H,4,7,11-12,15-16H2,1-3,5-6H3,(H,30,35)(H,31,34)/b24-17+. The van der Waals surface area contributed by atoms with Gasteiger partial charge in [0, 0.05) is 29.6 Å². The van der Waals surface area contributed by atoms with Crippen LogP contribution in [0.25, 0.3) is 6.08 Å². The van der Waals surface area contributed by atoms with E-state index in [0.29, 0.717) is 41.1 Å². The molecule has 1 aromatic heterocycles. The number of benzene rings is 1. The molecule has 3 N–H and O–H groups in total. The van der Waals surface area contributed by atoms with Crippen LogP contribution in [0.2, 0.25) is 0 Å². The van der Waals surface area contributed by atoms with Crippen LogP contribution in [0.15, 0.2) is 48.2 Å². The molecule has 1 fully saturated rings. The molecule has 2 atom stereocenters. The number of aliphatic hydroxyl groups excluding tert-OH is 1. The fraction of sp³-hybridized carbons (Fsp3) is 0.448. The maximum absolute atomic E-state index is 13.5. The normalized spacial score (nSPS) is 18.1. The second kappa shape index (κ2) is 12.1. The molecule has 2 aromatic rings. The average Bonchev–Trinajstić information content (AvgIpc) is 3.08. The van der Waals surface area contributed by atoms with E-state index in [4.69, 9.17) is 4.74 Å². The van der Waals surface area contributed by atoms with Crippen LogP contribution in [0.5, 0.6) is 5.75 Å². The summed E-state index contributed by atoms with van der Waals surface area (Å²) >= 11 is 0. The van der Waals surface area contributed by atoms with Crippen LogP contribution in [0.3, 0.4) is 0 Å². The topological polar surface area (TPSA) is 92.6 Å². The number of aliphatic hydroxyl groups is 1. The highest BCUT2D eigenvalue weighted by molar-refractivity contribution is 5.99. The number of ether oxygens (including phenoxy) is 1. The molecule has 36 heavy (non-hydrogen) atoms. The number of hydrogen-bond donors (Lipinski definition) is 3. The molecule has 194 valence electrons. The third kappa shape index (κ3) is 6.26. The molecular weight excluding hydrogens is 454 g/mol. The SMILES string of the molecule is C=C(CC)/C(=C\c1c(OC(C)C)c(C(=O)NC2CCCCC2O)n(C)c1C)NC(=O)c1ccccc1. The Labute approximate surface area is 214 Å². The third-order valence-electron chi connectivity index (χ3n) is 6.68. The van der Waals surface area contributed by atoms with Crippen molar-refractivity contribution in [2.75, 3.05) is 0 Å². The largest absolute Gasteiger partial charge is 0.488 e. The zero-order chi connectivity index (χ0) is 26.4. The molecule has 1 heterocycles. The van der Waals surface area contributed by atoms with Gasteiger partial charge >= 0.3 is 0 Å². The first-order valence-corrected chi connectivity index (χ1v) is 12.7. The van der Waals surface area contributed by atoms with Crippen molar-refractivity contribution in [2.24, 2.45) is 7.05 Å². The van der Waals surface area contributed by atoms with E-state index in [0.717, 1.165) is 30.5 Å². The summed E-state index contributed by atoms with van der Waals surface area (Å²) in [5, 5.41) is 16.4.